The summed E-state index contributed by atoms with van der Waals surface area (Å²) in [6.07, 6.45) is 4.06. The van der Waals surface area contributed by atoms with Crippen molar-refractivity contribution in [3.63, 3.8) is 0 Å². The van der Waals surface area contributed by atoms with Gasteiger partial charge in [0.1, 0.15) is 0 Å². The Kier molecular flexibility index (Phi) is 3.84. The van der Waals surface area contributed by atoms with Crippen molar-refractivity contribution in [2.45, 2.75) is 52.5 Å². The molecule has 1 atom stereocenters. The maximum absolute atomic E-state index is 6.09. The number of hydrogen-bond donors (Lipinski definition) is 1. The molecule has 2 rings (SSSR count). The van der Waals surface area contributed by atoms with Gasteiger partial charge >= 0.3 is 0 Å². The number of nitrogens with two attached hydrogens (primary N) is 1. The monoisotopic (exact) mass is 238 g/mol. The molecule has 0 aromatic carbocycles. The first-order valence-corrected chi connectivity index (χ1v) is 7.43. The SMILES string of the molecule is CC(C)C1CCN(C2(CN)CC(C(C)C)C2)C1. The Hall–Kier alpha value is -0.0800. The third kappa shape index (κ3) is 2.39. The Morgan fingerprint density at radius 1 is 1.12 bits per heavy atom. The molecule has 0 aromatic rings. The lowest BCUT2D eigenvalue weighted by atomic mass is 9.63. The van der Waals surface area contributed by atoms with Crippen molar-refractivity contribution in [3.05, 3.63) is 0 Å². The Labute approximate surface area is 107 Å². The van der Waals surface area contributed by atoms with Gasteiger partial charge in [0.05, 0.1) is 0 Å². The van der Waals surface area contributed by atoms with E-state index in [1.165, 1.54) is 32.4 Å². The standard InChI is InChI=1S/C15H30N2/c1-11(2)13-5-6-17(9-13)15(10-16)7-14(8-15)12(3)4/h11-14H,5-10,16H2,1-4H3. The van der Waals surface area contributed by atoms with Crippen molar-refractivity contribution in [3.8, 4) is 0 Å². The molecule has 2 aliphatic rings. The van der Waals surface area contributed by atoms with Crippen LogP contribution in [0.5, 0.6) is 0 Å². The van der Waals surface area contributed by atoms with Crippen LogP contribution in [0.15, 0.2) is 0 Å². The van der Waals surface area contributed by atoms with Gasteiger partial charge in [0.15, 0.2) is 0 Å². The highest BCUT2D eigenvalue weighted by atomic mass is 15.2. The molecule has 0 aromatic heterocycles. The first kappa shape index (κ1) is 13.4. The van der Waals surface area contributed by atoms with Gasteiger partial charge in [-0.2, -0.15) is 0 Å². The van der Waals surface area contributed by atoms with E-state index in [4.69, 9.17) is 5.73 Å². The molecule has 1 heterocycles. The first-order valence-electron chi connectivity index (χ1n) is 7.43. The van der Waals surface area contributed by atoms with E-state index in [0.717, 1.165) is 30.2 Å². The molecular weight excluding hydrogens is 208 g/mol. The summed E-state index contributed by atoms with van der Waals surface area (Å²) in [4.78, 5) is 2.72. The largest absolute Gasteiger partial charge is 0.329 e. The van der Waals surface area contributed by atoms with Crippen molar-refractivity contribution in [2.75, 3.05) is 19.6 Å². The Bertz CT molecular complexity index is 254. The third-order valence-corrected chi connectivity index (χ3v) is 5.45. The summed E-state index contributed by atoms with van der Waals surface area (Å²) in [5, 5.41) is 0. The van der Waals surface area contributed by atoms with Gasteiger partial charge in [0.2, 0.25) is 0 Å². The average Bonchev–Trinajstić information content (AvgIpc) is 2.66. The van der Waals surface area contributed by atoms with Crippen LogP contribution in [0, 0.1) is 23.7 Å². The van der Waals surface area contributed by atoms with Gasteiger partial charge in [-0.15, -0.1) is 0 Å². The van der Waals surface area contributed by atoms with Gasteiger partial charge in [-0.3, -0.25) is 4.90 Å². The van der Waals surface area contributed by atoms with Crippen LogP contribution in [0.4, 0.5) is 0 Å². The molecular formula is C15H30N2. The summed E-state index contributed by atoms with van der Waals surface area (Å²) in [5.74, 6) is 3.47. The second-order valence-corrected chi connectivity index (χ2v) is 7.08. The molecule has 1 aliphatic carbocycles. The molecule has 0 radical (unpaired) electrons. The van der Waals surface area contributed by atoms with E-state index in [0.29, 0.717) is 5.54 Å². The minimum absolute atomic E-state index is 0.374. The van der Waals surface area contributed by atoms with Gasteiger partial charge < -0.3 is 5.73 Å². The summed E-state index contributed by atoms with van der Waals surface area (Å²) in [6.45, 7) is 12.9. The van der Waals surface area contributed by atoms with E-state index >= 15 is 0 Å². The van der Waals surface area contributed by atoms with Gasteiger partial charge in [-0.05, 0) is 49.5 Å². The number of rotatable bonds is 4. The van der Waals surface area contributed by atoms with E-state index in [9.17, 15) is 0 Å². The first-order chi connectivity index (χ1) is 7.98. The highest BCUT2D eigenvalue weighted by Gasteiger charge is 2.49. The van der Waals surface area contributed by atoms with E-state index in [1.54, 1.807) is 0 Å². The summed E-state index contributed by atoms with van der Waals surface area (Å²) in [7, 11) is 0. The quantitative estimate of drug-likeness (QED) is 0.816. The van der Waals surface area contributed by atoms with Crippen molar-refractivity contribution >= 4 is 0 Å². The molecule has 1 unspecified atom stereocenters. The topological polar surface area (TPSA) is 29.3 Å². The van der Waals surface area contributed by atoms with Gasteiger partial charge in [-0.1, -0.05) is 27.7 Å². The molecule has 0 spiro atoms. The molecule has 2 fully saturated rings. The van der Waals surface area contributed by atoms with E-state index in [-0.39, 0.29) is 0 Å². The van der Waals surface area contributed by atoms with Crippen LogP contribution in [0.25, 0.3) is 0 Å². The van der Waals surface area contributed by atoms with Crippen molar-refractivity contribution in [1.29, 1.82) is 0 Å². The maximum Gasteiger partial charge on any atom is 0.0337 e. The zero-order valence-electron chi connectivity index (χ0n) is 12.1. The second kappa shape index (κ2) is 4.89. The summed E-state index contributed by atoms with van der Waals surface area (Å²) < 4.78 is 0. The van der Waals surface area contributed by atoms with E-state index in [2.05, 4.69) is 32.6 Å². The van der Waals surface area contributed by atoms with Crippen LogP contribution >= 0.6 is 0 Å². The van der Waals surface area contributed by atoms with Crippen molar-refractivity contribution < 1.29 is 0 Å². The molecule has 0 amide bonds. The lowest BCUT2D eigenvalue weighted by molar-refractivity contribution is -0.0243. The second-order valence-electron chi connectivity index (χ2n) is 7.08. The molecule has 2 N–H and O–H groups in total. The molecule has 17 heavy (non-hydrogen) atoms. The molecule has 1 saturated heterocycles. The van der Waals surface area contributed by atoms with Gasteiger partial charge in [0.25, 0.3) is 0 Å². The average molecular weight is 238 g/mol. The normalized spacial score (nSPS) is 39.0. The third-order valence-electron chi connectivity index (χ3n) is 5.45. The van der Waals surface area contributed by atoms with Crippen LogP contribution in [0.2, 0.25) is 0 Å². The van der Waals surface area contributed by atoms with Crippen LogP contribution < -0.4 is 5.73 Å². The fourth-order valence-corrected chi connectivity index (χ4v) is 3.70. The molecule has 2 nitrogen and oxygen atoms in total. The predicted octanol–water partition coefficient (Wildman–Crippen LogP) is 2.73. The minimum Gasteiger partial charge on any atom is -0.329 e. The van der Waals surface area contributed by atoms with Gasteiger partial charge in [0, 0.05) is 18.6 Å². The molecule has 0 bridgehead atoms. The van der Waals surface area contributed by atoms with E-state index < -0.39 is 0 Å². The highest BCUT2D eigenvalue weighted by molar-refractivity contribution is 5.05. The maximum atomic E-state index is 6.09. The predicted molar refractivity (Wildman–Crippen MR) is 73.9 cm³/mol. The molecule has 2 heteroatoms. The summed E-state index contributed by atoms with van der Waals surface area (Å²) in [5.41, 5.74) is 6.46. The van der Waals surface area contributed by atoms with Gasteiger partial charge in [-0.25, -0.2) is 0 Å². The number of nitrogens with zero attached hydrogens (tertiary/aromatic N) is 1. The zero-order valence-corrected chi connectivity index (χ0v) is 12.1. The molecule has 100 valence electrons. The Morgan fingerprint density at radius 2 is 1.71 bits per heavy atom. The number of hydrogen-bond acceptors (Lipinski definition) is 2. The van der Waals surface area contributed by atoms with Crippen molar-refractivity contribution in [1.82, 2.24) is 4.90 Å². The lowest BCUT2D eigenvalue weighted by Crippen LogP contribution is -2.61. The summed E-state index contributed by atoms with van der Waals surface area (Å²) >= 11 is 0. The Morgan fingerprint density at radius 3 is 2.12 bits per heavy atom. The van der Waals surface area contributed by atoms with Crippen LogP contribution in [0.1, 0.15) is 47.0 Å². The zero-order chi connectivity index (χ0) is 12.6. The smallest absolute Gasteiger partial charge is 0.0337 e. The minimum atomic E-state index is 0.374. The Balaban J connectivity index is 1.93. The highest BCUT2D eigenvalue weighted by Crippen LogP contribution is 2.47. The molecule has 1 aliphatic heterocycles. The molecule has 1 saturated carbocycles. The van der Waals surface area contributed by atoms with E-state index in [1.807, 2.05) is 0 Å². The number of likely N-dealkylation sites (tertiary alicyclic amines) is 1. The lowest BCUT2D eigenvalue weighted by Gasteiger charge is -2.54. The summed E-state index contributed by atoms with van der Waals surface area (Å²) in [6, 6.07) is 0. The van der Waals surface area contributed by atoms with Crippen molar-refractivity contribution in [2.24, 2.45) is 29.4 Å². The fourth-order valence-electron chi connectivity index (χ4n) is 3.70. The fraction of sp³-hybridized carbons (Fsp3) is 1.00. The van der Waals surface area contributed by atoms with Crippen LogP contribution in [0.3, 0.4) is 0 Å². The van der Waals surface area contributed by atoms with Crippen LogP contribution in [-0.4, -0.2) is 30.1 Å². The van der Waals surface area contributed by atoms with Crippen LogP contribution in [-0.2, 0) is 0 Å².